The molecule has 0 spiro atoms. The van der Waals surface area contributed by atoms with Gasteiger partial charge in [-0.25, -0.2) is 0 Å². The van der Waals surface area contributed by atoms with Crippen LogP contribution in [0.1, 0.15) is 37.2 Å². The topological polar surface area (TPSA) is 70.9 Å². The van der Waals surface area contributed by atoms with Crippen molar-refractivity contribution in [2.24, 2.45) is 11.3 Å². The normalized spacial score (nSPS) is 17.4. The summed E-state index contributed by atoms with van der Waals surface area (Å²) in [6.45, 7) is 5.19. The third-order valence-electron chi connectivity index (χ3n) is 3.67. The van der Waals surface area contributed by atoms with Gasteiger partial charge in [0.05, 0.1) is 0 Å². The van der Waals surface area contributed by atoms with Crippen molar-refractivity contribution in [2.75, 3.05) is 12.3 Å². The van der Waals surface area contributed by atoms with Gasteiger partial charge in [0.15, 0.2) is 0 Å². The second-order valence-corrected chi connectivity index (χ2v) is 5.05. The van der Waals surface area contributed by atoms with Gasteiger partial charge in [-0.2, -0.15) is 0 Å². The van der Waals surface area contributed by atoms with Crippen LogP contribution in [0.2, 0.25) is 0 Å². The van der Waals surface area contributed by atoms with Crippen LogP contribution in [-0.4, -0.2) is 17.4 Å². The second-order valence-electron chi connectivity index (χ2n) is 5.05. The van der Waals surface area contributed by atoms with Gasteiger partial charge >= 0.3 is 0 Å². The van der Waals surface area contributed by atoms with Gasteiger partial charge in [-0.1, -0.05) is 13.8 Å². The monoisotopic (exact) mass is 221 g/mol. The van der Waals surface area contributed by atoms with E-state index in [0.717, 1.165) is 6.54 Å². The first-order valence-electron chi connectivity index (χ1n) is 5.76. The number of hydrogen-bond acceptors (Lipinski definition) is 2. The second kappa shape index (κ2) is 3.85. The molecule has 2 rings (SSSR count). The number of carbonyl (C=O) groups excluding carboxylic acids is 1. The van der Waals surface area contributed by atoms with Gasteiger partial charge < -0.3 is 16.0 Å². The lowest BCUT2D eigenvalue weighted by atomic mass is 9.92. The van der Waals surface area contributed by atoms with E-state index < -0.39 is 0 Å². The summed E-state index contributed by atoms with van der Waals surface area (Å²) in [6, 6.07) is 1.66. The third kappa shape index (κ3) is 2.05. The fourth-order valence-corrected chi connectivity index (χ4v) is 2.01. The molecule has 16 heavy (non-hydrogen) atoms. The minimum absolute atomic E-state index is 0.0661. The summed E-state index contributed by atoms with van der Waals surface area (Å²) >= 11 is 0. The first-order valence-corrected chi connectivity index (χ1v) is 5.76. The van der Waals surface area contributed by atoms with Crippen LogP contribution in [0.25, 0.3) is 0 Å². The Labute approximate surface area is 95.6 Å². The number of amides is 1. The molecule has 1 aliphatic rings. The molecule has 4 nitrogen and oxygen atoms in total. The first kappa shape index (κ1) is 11.0. The summed E-state index contributed by atoms with van der Waals surface area (Å²) < 4.78 is 0. The quantitative estimate of drug-likeness (QED) is 0.725. The van der Waals surface area contributed by atoms with E-state index in [1.165, 1.54) is 12.8 Å². The van der Waals surface area contributed by atoms with Crippen LogP contribution in [0.4, 0.5) is 5.69 Å². The molecule has 4 N–H and O–H groups in total. The largest absolute Gasteiger partial charge is 0.397 e. The maximum Gasteiger partial charge on any atom is 0.267 e. The number of anilines is 1. The van der Waals surface area contributed by atoms with Crippen molar-refractivity contribution in [3.63, 3.8) is 0 Å². The van der Waals surface area contributed by atoms with Crippen molar-refractivity contribution >= 4 is 11.6 Å². The molecule has 0 aliphatic heterocycles. The number of nitrogens with one attached hydrogen (secondary N) is 2. The Kier molecular flexibility index (Phi) is 2.66. The number of carbonyl (C=O) groups is 1. The van der Waals surface area contributed by atoms with Gasteiger partial charge in [0.2, 0.25) is 0 Å². The van der Waals surface area contributed by atoms with Gasteiger partial charge in [0.25, 0.3) is 5.91 Å². The Hall–Kier alpha value is -1.45. The third-order valence-corrected chi connectivity index (χ3v) is 3.67. The van der Waals surface area contributed by atoms with Crippen molar-refractivity contribution in [1.82, 2.24) is 10.3 Å². The number of aromatic nitrogens is 1. The fourth-order valence-electron chi connectivity index (χ4n) is 2.01. The number of aromatic amines is 1. The van der Waals surface area contributed by atoms with E-state index in [-0.39, 0.29) is 5.91 Å². The van der Waals surface area contributed by atoms with E-state index in [4.69, 9.17) is 5.73 Å². The van der Waals surface area contributed by atoms with Crippen LogP contribution in [0.5, 0.6) is 0 Å². The summed E-state index contributed by atoms with van der Waals surface area (Å²) in [5, 5.41) is 2.97. The first-order chi connectivity index (χ1) is 7.53. The molecule has 1 amide bonds. The Balaban J connectivity index is 1.89. The summed E-state index contributed by atoms with van der Waals surface area (Å²) in [6.07, 6.45) is 4.07. The van der Waals surface area contributed by atoms with E-state index in [0.29, 0.717) is 22.7 Å². The molecule has 1 heterocycles. The van der Waals surface area contributed by atoms with Crippen LogP contribution in [0, 0.1) is 11.3 Å². The average molecular weight is 221 g/mol. The lowest BCUT2D eigenvalue weighted by molar-refractivity contribution is 0.0935. The molecule has 1 fully saturated rings. The number of hydrogen-bond donors (Lipinski definition) is 3. The average Bonchev–Trinajstić information content (AvgIpc) is 2.92. The zero-order valence-electron chi connectivity index (χ0n) is 9.84. The summed E-state index contributed by atoms with van der Waals surface area (Å²) in [4.78, 5) is 14.6. The van der Waals surface area contributed by atoms with E-state index in [2.05, 4.69) is 24.1 Å². The van der Waals surface area contributed by atoms with E-state index in [9.17, 15) is 4.79 Å². The lowest BCUT2D eigenvalue weighted by Gasteiger charge is -2.19. The highest BCUT2D eigenvalue weighted by molar-refractivity contribution is 5.93. The van der Waals surface area contributed by atoms with E-state index in [1.807, 2.05) is 0 Å². The van der Waals surface area contributed by atoms with Gasteiger partial charge in [-0.05, 0) is 30.2 Å². The molecule has 1 aliphatic carbocycles. The Morgan fingerprint density at radius 3 is 2.75 bits per heavy atom. The van der Waals surface area contributed by atoms with Crippen LogP contribution >= 0.6 is 0 Å². The highest BCUT2D eigenvalue weighted by Gasteiger charge is 2.45. The summed E-state index contributed by atoms with van der Waals surface area (Å²) in [7, 11) is 0. The highest BCUT2D eigenvalue weighted by Crippen LogP contribution is 2.51. The fraction of sp³-hybridized carbons (Fsp3) is 0.583. The molecule has 1 saturated carbocycles. The number of nitrogen functional groups attached to an aromatic ring is 1. The van der Waals surface area contributed by atoms with Crippen LogP contribution in [-0.2, 0) is 0 Å². The zero-order valence-corrected chi connectivity index (χ0v) is 9.84. The molecule has 0 radical (unpaired) electrons. The Morgan fingerprint density at radius 1 is 1.62 bits per heavy atom. The van der Waals surface area contributed by atoms with Crippen LogP contribution in [0.15, 0.2) is 12.3 Å². The van der Waals surface area contributed by atoms with Gasteiger partial charge in [-0.3, -0.25) is 4.79 Å². The molecule has 4 heteroatoms. The van der Waals surface area contributed by atoms with Crippen molar-refractivity contribution in [2.45, 2.75) is 26.7 Å². The summed E-state index contributed by atoms with van der Waals surface area (Å²) in [5.74, 6) is 0.560. The molecule has 0 aromatic carbocycles. The van der Waals surface area contributed by atoms with Gasteiger partial charge in [0.1, 0.15) is 5.69 Å². The van der Waals surface area contributed by atoms with Crippen molar-refractivity contribution in [3.8, 4) is 0 Å². The molecule has 1 aromatic rings. The predicted molar refractivity (Wildman–Crippen MR) is 64.0 cm³/mol. The Morgan fingerprint density at radius 2 is 2.31 bits per heavy atom. The van der Waals surface area contributed by atoms with Crippen molar-refractivity contribution < 1.29 is 4.79 Å². The highest BCUT2D eigenvalue weighted by atomic mass is 16.1. The number of rotatable bonds is 4. The maximum absolute atomic E-state index is 11.8. The number of nitrogens with two attached hydrogens (primary N) is 1. The SMILES string of the molecule is CC(C)C1(CNC(=O)c2cc(N)c[nH]2)CC1. The zero-order chi connectivity index (χ0) is 11.8. The minimum atomic E-state index is -0.0661. The summed E-state index contributed by atoms with van der Waals surface area (Å²) in [5.41, 5.74) is 7.02. The molecule has 0 unspecified atom stereocenters. The Bertz CT molecular complexity index is 391. The molecule has 0 saturated heterocycles. The van der Waals surface area contributed by atoms with E-state index >= 15 is 0 Å². The lowest BCUT2D eigenvalue weighted by Crippen LogP contribution is -2.32. The smallest absolute Gasteiger partial charge is 0.267 e. The van der Waals surface area contributed by atoms with Crippen molar-refractivity contribution in [1.29, 1.82) is 0 Å². The standard InChI is InChI=1S/C12H19N3O/c1-8(2)12(3-4-12)7-15-11(16)10-5-9(13)6-14-10/h5-6,8,14H,3-4,7,13H2,1-2H3,(H,15,16). The maximum atomic E-state index is 11.8. The molecular weight excluding hydrogens is 202 g/mol. The number of H-pyrrole nitrogens is 1. The van der Waals surface area contributed by atoms with Gasteiger partial charge in [-0.15, -0.1) is 0 Å². The van der Waals surface area contributed by atoms with E-state index in [1.54, 1.807) is 12.3 Å². The minimum Gasteiger partial charge on any atom is -0.397 e. The van der Waals surface area contributed by atoms with Crippen LogP contribution < -0.4 is 11.1 Å². The molecule has 1 aromatic heterocycles. The molecular formula is C12H19N3O. The molecule has 0 bridgehead atoms. The molecule has 88 valence electrons. The van der Waals surface area contributed by atoms with Gasteiger partial charge in [0, 0.05) is 18.4 Å². The van der Waals surface area contributed by atoms with Crippen LogP contribution in [0.3, 0.4) is 0 Å². The van der Waals surface area contributed by atoms with Crippen molar-refractivity contribution in [3.05, 3.63) is 18.0 Å². The predicted octanol–water partition coefficient (Wildman–Crippen LogP) is 1.76. The molecule has 0 atom stereocenters.